The van der Waals surface area contributed by atoms with Gasteiger partial charge in [-0.05, 0) is 50.2 Å². The number of rotatable bonds is 10. The average Bonchev–Trinajstić information content (AvgIpc) is 2.71. The summed E-state index contributed by atoms with van der Waals surface area (Å²) in [7, 11) is 0. The van der Waals surface area contributed by atoms with Crippen LogP contribution in [0.2, 0.25) is 0 Å². The van der Waals surface area contributed by atoms with Gasteiger partial charge in [-0.15, -0.1) is 0 Å². The Hall–Kier alpha value is -3.15. The maximum Gasteiger partial charge on any atom is 0.375 e. The Kier molecular flexibility index (Phi) is 7.55. The highest BCUT2D eigenvalue weighted by atomic mass is 16.5. The lowest BCUT2D eigenvalue weighted by molar-refractivity contribution is -0.154. The van der Waals surface area contributed by atoms with Crippen molar-refractivity contribution in [2.75, 3.05) is 19.8 Å². The molecular weight excluding hydrogens is 348 g/mol. The molecule has 0 amide bonds. The van der Waals surface area contributed by atoms with E-state index in [2.05, 4.69) is 4.74 Å². The van der Waals surface area contributed by atoms with Gasteiger partial charge in [0.05, 0.1) is 12.5 Å². The van der Waals surface area contributed by atoms with E-state index in [1.807, 2.05) is 30.3 Å². The molecule has 0 heterocycles. The van der Waals surface area contributed by atoms with Crippen molar-refractivity contribution < 1.29 is 28.6 Å². The summed E-state index contributed by atoms with van der Waals surface area (Å²) in [5.41, 5.74) is 0.327. The number of ether oxygens (including phenoxy) is 3. The number of benzene rings is 2. The normalized spacial score (nSPS) is 11.3. The average molecular weight is 370 g/mol. The van der Waals surface area contributed by atoms with Crippen molar-refractivity contribution in [3.05, 3.63) is 60.2 Å². The maximum atomic E-state index is 12.3. The van der Waals surface area contributed by atoms with Crippen LogP contribution in [0.3, 0.4) is 0 Å². The van der Waals surface area contributed by atoms with Crippen molar-refractivity contribution in [3.8, 4) is 11.5 Å². The van der Waals surface area contributed by atoms with E-state index in [9.17, 15) is 14.4 Å². The highest BCUT2D eigenvalue weighted by molar-refractivity contribution is 6.39. The smallest absolute Gasteiger partial charge is 0.375 e. The second-order valence-electron chi connectivity index (χ2n) is 5.71. The fourth-order valence-electron chi connectivity index (χ4n) is 2.30. The first-order valence-electron chi connectivity index (χ1n) is 8.68. The molecule has 2 aromatic carbocycles. The van der Waals surface area contributed by atoms with Crippen molar-refractivity contribution in [3.63, 3.8) is 0 Å². The minimum absolute atomic E-state index is 0.0888. The molecule has 0 aliphatic carbocycles. The van der Waals surface area contributed by atoms with Gasteiger partial charge in [-0.2, -0.15) is 0 Å². The summed E-state index contributed by atoms with van der Waals surface area (Å²) in [6.07, 6.45) is 0. The first-order valence-corrected chi connectivity index (χ1v) is 8.68. The van der Waals surface area contributed by atoms with E-state index in [1.54, 1.807) is 31.2 Å². The van der Waals surface area contributed by atoms with Gasteiger partial charge in [0.25, 0.3) is 5.78 Å². The minimum Gasteiger partial charge on any atom is -0.490 e. The SMILES string of the molecule is CCOC(=O)C(=O)C(C)C(=O)c1ccc(OCCOc2ccccc2)cc1. The molecule has 0 spiro atoms. The summed E-state index contributed by atoms with van der Waals surface area (Å²) in [6, 6.07) is 15.8. The molecule has 1 unspecified atom stereocenters. The van der Waals surface area contributed by atoms with E-state index in [-0.39, 0.29) is 6.61 Å². The first-order chi connectivity index (χ1) is 13.0. The summed E-state index contributed by atoms with van der Waals surface area (Å²) in [5, 5.41) is 0. The van der Waals surface area contributed by atoms with Crippen molar-refractivity contribution in [2.24, 2.45) is 5.92 Å². The Morgan fingerprint density at radius 3 is 1.96 bits per heavy atom. The Morgan fingerprint density at radius 2 is 1.41 bits per heavy atom. The minimum atomic E-state index is -1.09. The number of para-hydroxylation sites is 1. The van der Waals surface area contributed by atoms with E-state index in [0.717, 1.165) is 5.75 Å². The molecule has 0 N–H and O–H groups in total. The zero-order valence-corrected chi connectivity index (χ0v) is 15.3. The lowest BCUT2D eigenvalue weighted by Gasteiger charge is -2.10. The van der Waals surface area contributed by atoms with Crippen LogP contribution in [0.25, 0.3) is 0 Å². The van der Waals surface area contributed by atoms with Gasteiger partial charge in [0.1, 0.15) is 24.7 Å². The van der Waals surface area contributed by atoms with Gasteiger partial charge in [-0.3, -0.25) is 9.59 Å². The number of carbonyl (C=O) groups excluding carboxylic acids is 3. The quantitative estimate of drug-likeness (QED) is 0.210. The van der Waals surface area contributed by atoms with Crippen LogP contribution in [0.1, 0.15) is 24.2 Å². The number of carbonyl (C=O) groups is 3. The highest BCUT2D eigenvalue weighted by Crippen LogP contribution is 2.16. The van der Waals surface area contributed by atoms with Gasteiger partial charge in [0.15, 0.2) is 5.78 Å². The molecular formula is C21H22O6. The molecule has 0 saturated heterocycles. The molecule has 0 fully saturated rings. The Morgan fingerprint density at radius 1 is 0.852 bits per heavy atom. The van der Waals surface area contributed by atoms with Gasteiger partial charge in [-0.1, -0.05) is 18.2 Å². The van der Waals surface area contributed by atoms with Crippen LogP contribution >= 0.6 is 0 Å². The van der Waals surface area contributed by atoms with E-state index in [4.69, 9.17) is 9.47 Å². The number of esters is 1. The number of hydrogen-bond donors (Lipinski definition) is 0. The van der Waals surface area contributed by atoms with Crippen LogP contribution < -0.4 is 9.47 Å². The molecule has 0 bridgehead atoms. The molecule has 1 atom stereocenters. The van der Waals surface area contributed by atoms with Gasteiger partial charge in [0, 0.05) is 5.56 Å². The van der Waals surface area contributed by atoms with Gasteiger partial charge in [0.2, 0.25) is 0 Å². The molecule has 0 aliphatic rings. The van der Waals surface area contributed by atoms with E-state index >= 15 is 0 Å². The van der Waals surface area contributed by atoms with Crippen LogP contribution in [0, 0.1) is 5.92 Å². The molecule has 2 rings (SSSR count). The lowest BCUT2D eigenvalue weighted by atomic mass is 9.95. The second kappa shape index (κ2) is 10.1. The molecule has 6 heteroatoms. The molecule has 27 heavy (non-hydrogen) atoms. The van der Waals surface area contributed by atoms with Gasteiger partial charge < -0.3 is 14.2 Å². The van der Waals surface area contributed by atoms with Crippen molar-refractivity contribution in [2.45, 2.75) is 13.8 Å². The Bertz CT molecular complexity index is 767. The van der Waals surface area contributed by atoms with Crippen LogP contribution in [-0.2, 0) is 14.3 Å². The predicted octanol–water partition coefficient (Wildman–Crippen LogP) is 3.10. The molecule has 0 aliphatic heterocycles. The fourth-order valence-corrected chi connectivity index (χ4v) is 2.30. The molecule has 0 radical (unpaired) electrons. The lowest BCUT2D eigenvalue weighted by Crippen LogP contribution is -2.29. The summed E-state index contributed by atoms with van der Waals surface area (Å²) >= 11 is 0. The van der Waals surface area contributed by atoms with Crippen molar-refractivity contribution >= 4 is 17.5 Å². The summed E-state index contributed by atoms with van der Waals surface area (Å²) in [6.45, 7) is 3.81. The maximum absolute atomic E-state index is 12.3. The van der Waals surface area contributed by atoms with Crippen LogP contribution in [0.15, 0.2) is 54.6 Å². The standard InChI is InChI=1S/C21H22O6/c1-3-25-21(24)20(23)15(2)19(22)16-9-11-18(12-10-16)27-14-13-26-17-7-5-4-6-8-17/h4-12,15H,3,13-14H2,1-2H3. The zero-order chi connectivity index (χ0) is 19.6. The van der Waals surface area contributed by atoms with Gasteiger partial charge in [-0.25, -0.2) is 4.79 Å². The van der Waals surface area contributed by atoms with E-state index in [1.165, 1.54) is 6.92 Å². The third-order valence-corrected chi connectivity index (χ3v) is 3.77. The van der Waals surface area contributed by atoms with Crippen LogP contribution in [-0.4, -0.2) is 37.4 Å². The third-order valence-electron chi connectivity index (χ3n) is 3.77. The van der Waals surface area contributed by atoms with Crippen LogP contribution in [0.4, 0.5) is 0 Å². The zero-order valence-electron chi connectivity index (χ0n) is 15.3. The van der Waals surface area contributed by atoms with Crippen LogP contribution in [0.5, 0.6) is 11.5 Å². The molecule has 6 nitrogen and oxygen atoms in total. The monoisotopic (exact) mass is 370 g/mol. The number of ketones is 2. The molecule has 0 saturated carbocycles. The largest absolute Gasteiger partial charge is 0.490 e. The van der Waals surface area contributed by atoms with Crippen molar-refractivity contribution in [1.29, 1.82) is 0 Å². The summed E-state index contributed by atoms with van der Waals surface area (Å²) in [5.74, 6) is -2.02. The molecule has 0 aromatic heterocycles. The topological polar surface area (TPSA) is 78.9 Å². The summed E-state index contributed by atoms with van der Waals surface area (Å²) < 4.78 is 15.7. The van der Waals surface area contributed by atoms with E-state index < -0.39 is 23.5 Å². The molecule has 2 aromatic rings. The Balaban J connectivity index is 1.84. The summed E-state index contributed by atoms with van der Waals surface area (Å²) in [4.78, 5) is 35.7. The predicted molar refractivity (Wildman–Crippen MR) is 99.0 cm³/mol. The fraction of sp³-hybridized carbons (Fsp3) is 0.286. The number of hydrogen-bond acceptors (Lipinski definition) is 6. The first kappa shape index (κ1) is 20.2. The second-order valence-corrected chi connectivity index (χ2v) is 5.71. The van der Waals surface area contributed by atoms with Crippen molar-refractivity contribution in [1.82, 2.24) is 0 Å². The molecule has 142 valence electrons. The third kappa shape index (κ3) is 5.95. The number of Topliss-reactive ketones (excluding diaryl/α,β-unsaturated/α-hetero) is 2. The highest BCUT2D eigenvalue weighted by Gasteiger charge is 2.29. The van der Waals surface area contributed by atoms with E-state index in [0.29, 0.717) is 24.5 Å². The van der Waals surface area contributed by atoms with Gasteiger partial charge >= 0.3 is 5.97 Å². The Labute approximate surface area is 158 Å².